The third-order valence-corrected chi connectivity index (χ3v) is 5.01. The average Bonchev–Trinajstić information content (AvgIpc) is 2.75. The van der Waals surface area contributed by atoms with E-state index >= 15 is 0 Å². The molecule has 3 aromatic rings. The number of carbonyl (C=O) groups is 2. The van der Waals surface area contributed by atoms with Crippen LogP contribution in [0.15, 0.2) is 78.9 Å². The highest BCUT2D eigenvalue weighted by molar-refractivity contribution is 6.33. The molecule has 0 fully saturated rings. The van der Waals surface area contributed by atoms with Crippen molar-refractivity contribution in [1.82, 2.24) is 5.32 Å². The molecule has 0 aliphatic rings. The topological polar surface area (TPSA) is 61.4 Å². The number of para-hydroxylation sites is 1. The van der Waals surface area contributed by atoms with E-state index in [1.165, 1.54) is 0 Å². The van der Waals surface area contributed by atoms with Crippen molar-refractivity contribution in [2.24, 2.45) is 0 Å². The number of nitrogens with one attached hydrogen (secondary N) is 2. The van der Waals surface area contributed by atoms with Crippen molar-refractivity contribution in [1.29, 1.82) is 0 Å². The molecule has 3 aromatic carbocycles. The molecule has 3 rings (SSSR count). The van der Waals surface area contributed by atoms with E-state index in [9.17, 15) is 9.59 Å². The van der Waals surface area contributed by atoms with Gasteiger partial charge < -0.3 is 15.5 Å². The molecule has 5 nitrogen and oxygen atoms in total. The van der Waals surface area contributed by atoms with Gasteiger partial charge in [0.05, 0.1) is 10.7 Å². The number of anilines is 2. The Bertz CT molecular complexity index is 1000. The van der Waals surface area contributed by atoms with Gasteiger partial charge in [-0.1, -0.05) is 54.1 Å². The number of hydrogen-bond acceptors (Lipinski definition) is 3. The average molecular weight is 422 g/mol. The smallest absolute Gasteiger partial charge is 0.251 e. The summed E-state index contributed by atoms with van der Waals surface area (Å²) in [5.41, 5.74) is 2.93. The second-order valence-electron chi connectivity index (χ2n) is 7.13. The third kappa shape index (κ3) is 5.61. The van der Waals surface area contributed by atoms with Gasteiger partial charge >= 0.3 is 0 Å². The standard InChI is InChI=1S/C24H24ClN3O2/c1-28(2)19-14-12-18(13-15-19)23(29)27-22(16-17-8-4-3-5-9-17)24(30)26-21-11-7-6-10-20(21)25/h3-15,22H,16H2,1-2H3,(H,26,30)(H,27,29)/t22-/m0/s1. The van der Waals surface area contributed by atoms with Crippen LogP contribution in [0.1, 0.15) is 15.9 Å². The first kappa shape index (κ1) is 21.4. The summed E-state index contributed by atoms with van der Waals surface area (Å²) in [6.45, 7) is 0. The molecule has 1 atom stereocenters. The van der Waals surface area contributed by atoms with Crippen LogP contribution in [0.3, 0.4) is 0 Å². The van der Waals surface area contributed by atoms with Crippen LogP contribution in [0.5, 0.6) is 0 Å². The maximum atomic E-state index is 13.0. The van der Waals surface area contributed by atoms with Gasteiger partial charge in [0.1, 0.15) is 6.04 Å². The normalized spacial score (nSPS) is 11.4. The van der Waals surface area contributed by atoms with Crippen LogP contribution in [-0.2, 0) is 11.2 Å². The van der Waals surface area contributed by atoms with Crippen molar-refractivity contribution >= 4 is 34.8 Å². The van der Waals surface area contributed by atoms with Crippen LogP contribution in [0.25, 0.3) is 0 Å². The number of rotatable bonds is 7. The minimum atomic E-state index is -0.760. The fourth-order valence-corrected chi connectivity index (χ4v) is 3.18. The van der Waals surface area contributed by atoms with E-state index in [0.29, 0.717) is 22.7 Å². The highest BCUT2D eigenvalue weighted by Crippen LogP contribution is 2.21. The number of amides is 2. The lowest BCUT2D eigenvalue weighted by molar-refractivity contribution is -0.118. The predicted molar refractivity (Wildman–Crippen MR) is 122 cm³/mol. The number of halogens is 1. The number of hydrogen-bond donors (Lipinski definition) is 2. The van der Waals surface area contributed by atoms with Gasteiger partial charge in [-0.3, -0.25) is 9.59 Å². The van der Waals surface area contributed by atoms with Gasteiger partial charge in [0.15, 0.2) is 0 Å². The molecule has 0 aromatic heterocycles. The maximum absolute atomic E-state index is 13.0. The lowest BCUT2D eigenvalue weighted by atomic mass is 10.0. The number of benzene rings is 3. The van der Waals surface area contributed by atoms with Crippen LogP contribution in [-0.4, -0.2) is 32.0 Å². The Morgan fingerprint density at radius 2 is 1.53 bits per heavy atom. The van der Waals surface area contributed by atoms with E-state index < -0.39 is 6.04 Å². The number of carbonyl (C=O) groups excluding carboxylic acids is 2. The molecule has 30 heavy (non-hydrogen) atoms. The summed E-state index contributed by atoms with van der Waals surface area (Å²) < 4.78 is 0. The summed E-state index contributed by atoms with van der Waals surface area (Å²) in [6, 6.07) is 23.0. The van der Waals surface area contributed by atoms with Gasteiger partial charge in [-0.15, -0.1) is 0 Å². The van der Waals surface area contributed by atoms with Gasteiger partial charge in [0.25, 0.3) is 5.91 Å². The maximum Gasteiger partial charge on any atom is 0.251 e. The van der Waals surface area contributed by atoms with Gasteiger partial charge in [-0.2, -0.15) is 0 Å². The summed E-state index contributed by atoms with van der Waals surface area (Å²) in [5.74, 6) is -0.638. The Morgan fingerprint density at radius 1 is 0.900 bits per heavy atom. The Morgan fingerprint density at radius 3 is 2.17 bits per heavy atom. The molecule has 6 heteroatoms. The molecule has 0 spiro atoms. The quantitative estimate of drug-likeness (QED) is 0.595. The van der Waals surface area contributed by atoms with E-state index in [2.05, 4.69) is 10.6 Å². The SMILES string of the molecule is CN(C)c1ccc(C(=O)N[C@@H](Cc2ccccc2)C(=O)Nc2ccccc2Cl)cc1. The first-order valence-corrected chi connectivity index (χ1v) is 9.99. The minimum Gasteiger partial charge on any atom is -0.378 e. The van der Waals surface area contributed by atoms with E-state index in [-0.39, 0.29) is 11.8 Å². The molecule has 0 unspecified atom stereocenters. The zero-order valence-corrected chi connectivity index (χ0v) is 17.7. The van der Waals surface area contributed by atoms with Crippen LogP contribution in [0.2, 0.25) is 5.02 Å². The van der Waals surface area contributed by atoms with Gasteiger partial charge in [0.2, 0.25) is 5.91 Å². The highest BCUT2D eigenvalue weighted by atomic mass is 35.5. The van der Waals surface area contributed by atoms with Crippen LogP contribution in [0.4, 0.5) is 11.4 Å². The molecule has 0 aliphatic heterocycles. The van der Waals surface area contributed by atoms with Gasteiger partial charge in [-0.25, -0.2) is 0 Å². The molecule has 0 saturated heterocycles. The van der Waals surface area contributed by atoms with Crippen LogP contribution >= 0.6 is 11.6 Å². The summed E-state index contributed by atoms with van der Waals surface area (Å²) in [7, 11) is 3.87. The van der Waals surface area contributed by atoms with Gasteiger partial charge in [-0.05, 0) is 42.0 Å². The fraction of sp³-hybridized carbons (Fsp3) is 0.167. The molecule has 0 aliphatic carbocycles. The lowest BCUT2D eigenvalue weighted by Crippen LogP contribution is -2.45. The summed E-state index contributed by atoms with van der Waals surface area (Å²) in [4.78, 5) is 27.8. The largest absolute Gasteiger partial charge is 0.378 e. The minimum absolute atomic E-state index is 0.310. The predicted octanol–water partition coefficient (Wildman–Crippen LogP) is 4.39. The summed E-state index contributed by atoms with van der Waals surface area (Å²) in [6.07, 6.45) is 0.360. The molecule has 2 N–H and O–H groups in total. The number of nitrogens with zero attached hydrogens (tertiary/aromatic N) is 1. The Kier molecular flexibility index (Phi) is 7.09. The van der Waals surface area contributed by atoms with E-state index in [1.807, 2.05) is 61.5 Å². The van der Waals surface area contributed by atoms with Crippen molar-refractivity contribution in [2.45, 2.75) is 12.5 Å². The Labute approximate surface area is 181 Å². The highest BCUT2D eigenvalue weighted by Gasteiger charge is 2.22. The molecule has 154 valence electrons. The molecule has 0 heterocycles. The van der Waals surface area contributed by atoms with Crippen molar-refractivity contribution < 1.29 is 9.59 Å². The van der Waals surface area contributed by atoms with E-state index in [0.717, 1.165) is 11.3 Å². The summed E-state index contributed by atoms with van der Waals surface area (Å²) >= 11 is 6.17. The van der Waals surface area contributed by atoms with E-state index in [4.69, 9.17) is 11.6 Å². The van der Waals surface area contributed by atoms with Crippen LogP contribution < -0.4 is 15.5 Å². The van der Waals surface area contributed by atoms with Crippen LogP contribution in [0, 0.1) is 0 Å². The zero-order chi connectivity index (χ0) is 21.5. The molecular formula is C24H24ClN3O2. The first-order chi connectivity index (χ1) is 14.4. The molecule has 0 bridgehead atoms. The zero-order valence-electron chi connectivity index (χ0n) is 16.9. The van der Waals surface area contributed by atoms with E-state index in [1.54, 1.807) is 36.4 Å². The Balaban J connectivity index is 1.79. The second-order valence-corrected chi connectivity index (χ2v) is 7.53. The second kappa shape index (κ2) is 9.94. The van der Waals surface area contributed by atoms with Crippen molar-refractivity contribution in [3.63, 3.8) is 0 Å². The van der Waals surface area contributed by atoms with Crippen molar-refractivity contribution in [3.05, 3.63) is 95.0 Å². The molecule has 2 amide bonds. The fourth-order valence-electron chi connectivity index (χ4n) is 2.99. The first-order valence-electron chi connectivity index (χ1n) is 9.61. The lowest BCUT2D eigenvalue weighted by Gasteiger charge is -2.19. The molecular weight excluding hydrogens is 398 g/mol. The van der Waals surface area contributed by atoms with Crippen molar-refractivity contribution in [3.8, 4) is 0 Å². The third-order valence-electron chi connectivity index (χ3n) is 4.68. The molecule has 0 radical (unpaired) electrons. The Hall–Kier alpha value is -3.31. The monoisotopic (exact) mass is 421 g/mol. The summed E-state index contributed by atoms with van der Waals surface area (Å²) in [5, 5.41) is 6.12. The van der Waals surface area contributed by atoms with Crippen molar-refractivity contribution in [2.75, 3.05) is 24.3 Å². The van der Waals surface area contributed by atoms with Gasteiger partial charge in [0, 0.05) is 31.8 Å². The molecule has 0 saturated carbocycles.